The number of aliphatic hydroxyl groups is 1. The summed E-state index contributed by atoms with van der Waals surface area (Å²) in [4.78, 5) is 13.8. The van der Waals surface area contributed by atoms with Crippen molar-refractivity contribution < 1.29 is 18.3 Å². The lowest BCUT2D eigenvalue weighted by Gasteiger charge is -2.22. The van der Waals surface area contributed by atoms with E-state index in [4.69, 9.17) is 0 Å². The van der Waals surface area contributed by atoms with Crippen molar-refractivity contribution in [2.75, 3.05) is 24.5 Å². The van der Waals surface area contributed by atoms with Crippen LogP contribution in [-0.4, -0.2) is 49.5 Å². The second kappa shape index (κ2) is 6.03. The molecule has 0 saturated carbocycles. The molecule has 1 heterocycles. The van der Waals surface area contributed by atoms with E-state index in [0.717, 1.165) is 23.1 Å². The number of amides is 1. The summed E-state index contributed by atoms with van der Waals surface area (Å²) >= 11 is 0. The van der Waals surface area contributed by atoms with E-state index >= 15 is 0 Å². The number of aliphatic hydroxyl groups excluding tert-OH is 1. The molecule has 0 aromatic heterocycles. The first-order valence-electron chi connectivity index (χ1n) is 6.98. The van der Waals surface area contributed by atoms with Gasteiger partial charge in [-0.25, -0.2) is 12.7 Å². The average molecular weight is 312 g/mol. The number of nitrogens with zero attached hydrogens (tertiary/aromatic N) is 2. The minimum absolute atomic E-state index is 0.0702. The van der Waals surface area contributed by atoms with Gasteiger partial charge in [-0.1, -0.05) is 0 Å². The summed E-state index contributed by atoms with van der Waals surface area (Å²) in [5.41, 5.74) is 0.937. The number of β-amino-alcohol motifs (C(OH)–C–C–N with tert-alkyl or cyclic N) is 1. The van der Waals surface area contributed by atoms with Crippen molar-refractivity contribution in [2.45, 2.75) is 31.3 Å². The molecule has 1 fully saturated rings. The van der Waals surface area contributed by atoms with Gasteiger partial charge in [0.25, 0.3) is 10.0 Å². The Bertz CT molecular complexity index is 608. The van der Waals surface area contributed by atoms with Crippen LogP contribution in [0.3, 0.4) is 0 Å². The van der Waals surface area contributed by atoms with E-state index in [2.05, 4.69) is 4.90 Å². The summed E-state index contributed by atoms with van der Waals surface area (Å²) in [7, 11) is -3.87. The van der Waals surface area contributed by atoms with Gasteiger partial charge in [0.2, 0.25) is 5.91 Å². The Morgan fingerprint density at radius 3 is 2.24 bits per heavy atom. The summed E-state index contributed by atoms with van der Waals surface area (Å²) in [6.45, 7) is 5.55. The molecule has 1 unspecified atom stereocenters. The first-order chi connectivity index (χ1) is 9.90. The van der Waals surface area contributed by atoms with Gasteiger partial charge in [0.1, 0.15) is 0 Å². The molecule has 0 spiro atoms. The third kappa shape index (κ3) is 3.03. The number of carbonyl (C=O) groups excluding carboxylic acids is 1. The molecule has 1 atom stereocenters. The van der Waals surface area contributed by atoms with Gasteiger partial charge in [-0.15, -0.1) is 0 Å². The van der Waals surface area contributed by atoms with Gasteiger partial charge in [0.05, 0.1) is 24.0 Å². The van der Waals surface area contributed by atoms with Gasteiger partial charge >= 0.3 is 0 Å². The molecule has 21 heavy (non-hydrogen) atoms. The molecule has 1 aliphatic heterocycles. The number of benzene rings is 1. The smallest absolute Gasteiger partial charge is 0.266 e. The maximum Gasteiger partial charge on any atom is 0.266 e. The van der Waals surface area contributed by atoms with Crippen molar-refractivity contribution in [3.63, 3.8) is 0 Å². The van der Waals surface area contributed by atoms with Crippen LogP contribution in [0.25, 0.3) is 0 Å². The lowest BCUT2D eigenvalue weighted by molar-refractivity contribution is -0.123. The Morgan fingerprint density at radius 1 is 1.24 bits per heavy atom. The van der Waals surface area contributed by atoms with Gasteiger partial charge in [0, 0.05) is 18.8 Å². The number of hydrogen-bond donors (Lipinski definition) is 1. The zero-order valence-corrected chi connectivity index (χ0v) is 13.0. The van der Waals surface area contributed by atoms with Crippen LogP contribution in [0.1, 0.15) is 20.3 Å². The summed E-state index contributed by atoms with van der Waals surface area (Å²) in [6.07, 6.45) is -1.06. The third-order valence-corrected chi connectivity index (χ3v) is 5.42. The minimum atomic E-state index is -3.87. The predicted molar refractivity (Wildman–Crippen MR) is 79.5 cm³/mol. The van der Waals surface area contributed by atoms with Gasteiger partial charge in [-0.2, -0.15) is 0 Å². The number of anilines is 1. The van der Waals surface area contributed by atoms with Crippen LogP contribution in [0.15, 0.2) is 29.2 Å². The molecule has 1 saturated heterocycles. The topological polar surface area (TPSA) is 77.9 Å². The standard InChI is InChI=1S/C14H20N2O4S/c1-3-15(4-2)11-5-7-13(8-6-11)21(19,20)16-10-12(17)9-14(16)18/h5-8,12,17H,3-4,9-10H2,1-2H3. The average Bonchev–Trinajstić information content (AvgIpc) is 2.80. The van der Waals surface area contributed by atoms with Crippen LogP contribution >= 0.6 is 0 Å². The molecule has 1 aliphatic rings. The van der Waals surface area contributed by atoms with Gasteiger partial charge < -0.3 is 10.0 Å². The summed E-state index contributed by atoms with van der Waals surface area (Å²) in [5, 5.41) is 9.43. The molecule has 6 nitrogen and oxygen atoms in total. The molecule has 1 N–H and O–H groups in total. The van der Waals surface area contributed by atoms with Gasteiger partial charge in [-0.3, -0.25) is 4.79 Å². The van der Waals surface area contributed by atoms with Crippen LogP contribution in [0, 0.1) is 0 Å². The number of carbonyl (C=O) groups is 1. The highest BCUT2D eigenvalue weighted by atomic mass is 32.2. The van der Waals surface area contributed by atoms with Crippen LogP contribution in [-0.2, 0) is 14.8 Å². The fraction of sp³-hybridized carbons (Fsp3) is 0.500. The largest absolute Gasteiger partial charge is 0.391 e. The first kappa shape index (κ1) is 15.8. The number of hydrogen-bond acceptors (Lipinski definition) is 5. The van der Waals surface area contributed by atoms with E-state index < -0.39 is 22.0 Å². The van der Waals surface area contributed by atoms with Crippen LogP contribution in [0.2, 0.25) is 0 Å². The number of rotatable bonds is 5. The van der Waals surface area contributed by atoms with E-state index in [9.17, 15) is 18.3 Å². The predicted octanol–water partition coefficient (Wildman–Crippen LogP) is 0.815. The minimum Gasteiger partial charge on any atom is -0.391 e. The van der Waals surface area contributed by atoms with E-state index in [-0.39, 0.29) is 17.9 Å². The maximum absolute atomic E-state index is 12.4. The van der Waals surface area contributed by atoms with Crippen molar-refractivity contribution in [3.05, 3.63) is 24.3 Å². The van der Waals surface area contributed by atoms with Gasteiger partial charge in [0.15, 0.2) is 0 Å². The SMILES string of the molecule is CCN(CC)c1ccc(S(=O)(=O)N2CC(O)CC2=O)cc1. The maximum atomic E-state index is 12.4. The van der Waals surface area contributed by atoms with Gasteiger partial charge in [-0.05, 0) is 38.1 Å². The summed E-state index contributed by atoms with van der Waals surface area (Å²) in [5.74, 6) is -0.560. The highest BCUT2D eigenvalue weighted by Crippen LogP contribution is 2.24. The molecule has 0 bridgehead atoms. The third-order valence-electron chi connectivity index (χ3n) is 3.62. The molecule has 1 aromatic rings. The Kier molecular flexibility index (Phi) is 4.53. The van der Waals surface area contributed by atoms with E-state index in [1.54, 1.807) is 12.1 Å². The Hall–Kier alpha value is -1.60. The molecule has 1 amide bonds. The molecule has 116 valence electrons. The highest BCUT2D eigenvalue weighted by molar-refractivity contribution is 7.89. The van der Waals surface area contributed by atoms with Crippen molar-refractivity contribution in [3.8, 4) is 0 Å². The first-order valence-corrected chi connectivity index (χ1v) is 8.42. The Balaban J connectivity index is 2.27. The Morgan fingerprint density at radius 2 is 1.81 bits per heavy atom. The Labute approximate surface area is 125 Å². The lowest BCUT2D eigenvalue weighted by atomic mass is 10.3. The quantitative estimate of drug-likeness (QED) is 0.871. The van der Waals surface area contributed by atoms with Crippen molar-refractivity contribution in [1.29, 1.82) is 0 Å². The van der Waals surface area contributed by atoms with E-state index in [1.165, 1.54) is 12.1 Å². The van der Waals surface area contributed by atoms with Crippen molar-refractivity contribution in [1.82, 2.24) is 4.31 Å². The fourth-order valence-corrected chi connectivity index (χ4v) is 3.88. The zero-order chi connectivity index (χ0) is 15.6. The van der Waals surface area contributed by atoms with Crippen molar-refractivity contribution in [2.24, 2.45) is 0 Å². The zero-order valence-electron chi connectivity index (χ0n) is 12.2. The molecular weight excluding hydrogens is 292 g/mol. The second-order valence-electron chi connectivity index (χ2n) is 4.95. The van der Waals surface area contributed by atoms with Crippen LogP contribution in [0.5, 0.6) is 0 Å². The number of sulfonamides is 1. The van der Waals surface area contributed by atoms with Crippen molar-refractivity contribution >= 4 is 21.6 Å². The highest BCUT2D eigenvalue weighted by Gasteiger charge is 2.37. The second-order valence-corrected chi connectivity index (χ2v) is 6.82. The molecular formula is C14H20N2O4S. The molecule has 1 aromatic carbocycles. The van der Waals surface area contributed by atoms with E-state index in [1.807, 2.05) is 13.8 Å². The van der Waals surface area contributed by atoms with Crippen LogP contribution < -0.4 is 4.90 Å². The summed E-state index contributed by atoms with van der Waals surface area (Å²) < 4.78 is 25.5. The lowest BCUT2D eigenvalue weighted by Crippen LogP contribution is -2.33. The summed E-state index contributed by atoms with van der Waals surface area (Å²) in [6, 6.07) is 6.47. The fourth-order valence-electron chi connectivity index (χ4n) is 2.44. The van der Waals surface area contributed by atoms with Crippen LogP contribution in [0.4, 0.5) is 5.69 Å². The van der Waals surface area contributed by atoms with E-state index in [0.29, 0.717) is 0 Å². The molecule has 0 aliphatic carbocycles. The molecule has 7 heteroatoms. The normalized spacial score (nSPS) is 19.1. The molecule has 2 rings (SSSR count). The monoisotopic (exact) mass is 312 g/mol. The molecule has 0 radical (unpaired) electrons.